The van der Waals surface area contributed by atoms with E-state index in [-0.39, 0.29) is 13.0 Å². The van der Waals surface area contributed by atoms with E-state index >= 15 is 0 Å². The molecular weight excluding hydrogens is 353 g/mol. The van der Waals surface area contributed by atoms with Crippen molar-refractivity contribution in [2.45, 2.75) is 25.1 Å². The van der Waals surface area contributed by atoms with Gasteiger partial charge < -0.3 is 20.2 Å². The number of rotatable bonds is 5. The third-order valence-corrected chi connectivity index (χ3v) is 3.45. The van der Waals surface area contributed by atoms with E-state index < -0.39 is 34.8 Å². The minimum absolute atomic E-state index is 0.0821. The van der Waals surface area contributed by atoms with Crippen molar-refractivity contribution in [1.29, 1.82) is 0 Å². The lowest BCUT2D eigenvalue weighted by molar-refractivity contribution is -0.138. The molecule has 1 atom stereocenters. The van der Waals surface area contributed by atoms with E-state index in [0.717, 1.165) is 12.1 Å². The van der Waals surface area contributed by atoms with Crippen LogP contribution in [0.4, 0.5) is 18.9 Å². The third kappa shape index (κ3) is 5.35. The highest BCUT2D eigenvalue weighted by Crippen LogP contribution is 2.34. The summed E-state index contributed by atoms with van der Waals surface area (Å²) in [7, 11) is 0. The molecule has 0 bridgehead atoms. The van der Waals surface area contributed by atoms with Gasteiger partial charge in [0.25, 0.3) is 0 Å². The molecule has 9 heteroatoms. The minimum atomic E-state index is -4.67. The summed E-state index contributed by atoms with van der Waals surface area (Å²) in [6, 6.07) is 7.58. The predicted molar refractivity (Wildman–Crippen MR) is 86.1 cm³/mol. The Morgan fingerprint density at radius 2 is 1.81 bits per heavy atom. The second-order valence-corrected chi connectivity index (χ2v) is 5.93. The Bertz CT molecular complexity index is 771. The molecule has 1 aromatic carbocycles. The predicted octanol–water partition coefficient (Wildman–Crippen LogP) is 2.35. The zero-order valence-corrected chi connectivity index (χ0v) is 13.8. The first-order valence-corrected chi connectivity index (χ1v) is 7.59. The molecular formula is C17H17F3N2O4. The molecule has 2 rings (SSSR count). The van der Waals surface area contributed by atoms with Crippen LogP contribution in [0, 0.1) is 0 Å². The monoisotopic (exact) mass is 370 g/mol. The summed E-state index contributed by atoms with van der Waals surface area (Å²) in [5.41, 5.74) is -2.99. The van der Waals surface area contributed by atoms with Gasteiger partial charge in [-0.1, -0.05) is 12.1 Å². The standard InChI is InChI=1S/C17H17F3N2O4/c1-16(25,9-11-5-4-8-26-11)10-21-14(23)15(24)22-13-7-3-2-6-12(13)17(18,19)20/h2-8,25H,9-10H2,1H3,(H,21,23)(H,22,24)/t16-/m0/s1. The summed E-state index contributed by atoms with van der Waals surface area (Å²) in [5.74, 6) is -1.95. The fraction of sp³-hybridized carbons (Fsp3) is 0.294. The fourth-order valence-corrected chi connectivity index (χ4v) is 2.22. The SMILES string of the molecule is C[C@@](O)(CNC(=O)C(=O)Nc1ccccc1C(F)(F)F)Cc1ccco1. The van der Waals surface area contributed by atoms with Crippen LogP contribution >= 0.6 is 0 Å². The molecule has 0 saturated heterocycles. The Morgan fingerprint density at radius 1 is 1.12 bits per heavy atom. The molecule has 0 saturated carbocycles. The van der Waals surface area contributed by atoms with Crippen molar-refractivity contribution < 1.29 is 32.3 Å². The van der Waals surface area contributed by atoms with Crippen molar-refractivity contribution >= 4 is 17.5 Å². The Labute approximate surface area is 147 Å². The molecule has 0 aliphatic carbocycles. The molecule has 0 fully saturated rings. The van der Waals surface area contributed by atoms with Gasteiger partial charge in [0, 0.05) is 13.0 Å². The van der Waals surface area contributed by atoms with E-state index in [1.54, 1.807) is 12.1 Å². The number of carbonyl (C=O) groups excluding carboxylic acids is 2. The van der Waals surface area contributed by atoms with Crippen LogP contribution in [0.1, 0.15) is 18.2 Å². The molecule has 6 nitrogen and oxygen atoms in total. The van der Waals surface area contributed by atoms with Crippen LogP contribution in [0.3, 0.4) is 0 Å². The molecule has 0 spiro atoms. The van der Waals surface area contributed by atoms with Gasteiger partial charge in [-0.3, -0.25) is 9.59 Å². The van der Waals surface area contributed by atoms with E-state index in [4.69, 9.17) is 4.42 Å². The molecule has 26 heavy (non-hydrogen) atoms. The average molecular weight is 370 g/mol. The summed E-state index contributed by atoms with van der Waals surface area (Å²) in [6.45, 7) is 1.13. The van der Waals surface area contributed by atoms with Crippen molar-refractivity contribution in [1.82, 2.24) is 5.32 Å². The number of para-hydroxylation sites is 1. The largest absolute Gasteiger partial charge is 0.469 e. The van der Waals surface area contributed by atoms with Gasteiger partial charge in [-0.05, 0) is 31.2 Å². The van der Waals surface area contributed by atoms with Gasteiger partial charge in [-0.15, -0.1) is 0 Å². The fourth-order valence-electron chi connectivity index (χ4n) is 2.22. The van der Waals surface area contributed by atoms with Gasteiger partial charge in [0.2, 0.25) is 0 Å². The van der Waals surface area contributed by atoms with Crippen LogP contribution < -0.4 is 10.6 Å². The van der Waals surface area contributed by atoms with Crippen LogP contribution in [-0.4, -0.2) is 29.1 Å². The highest BCUT2D eigenvalue weighted by molar-refractivity contribution is 6.39. The molecule has 140 valence electrons. The third-order valence-electron chi connectivity index (χ3n) is 3.45. The Balaban J connectivity index is 1.95. The molecule has 2 amide bonds. The van der Waals surface area contributed by atoms with E-state index in [9.17, 15) is 27.9 Å². The number of nitrogens with one attached hydrogen (secondary N) is 2. The second-order valence-electron chi connectivity index (χ2n) is 5.93. The number of amides is 2. The number of carbonyl (C=O) groups is 2. The second kappa shape index (κ2) is 7.61. The average Bonchev–Trinajstić information content (AvgIpc) is 3.04. The number of hydrogen-bond donors (Lipinski definition) is 3. The molecule has 2 aromatic rings. The van der Waals surface area contributed by atoms with Crippen LogP contribution in [0.15, 0.2) is 47.1 Å². The van der Waals surface area contributed by atoms with Crippen LogP contribution in [-0.2, 0) is 22.2 Å². The molecule has 0 aliphatic heterocycles. The molecule has 1 heterocycles. The summed E-state index contributed by atoms with van der Waals surface area (Å²) in [6.07, 6.45) is -3.17. The highest BCUT2D eigenvalue weighted by atomic mass is 19.4. The van der Waals surface area contributed by atoms with Gasteiger partial charge in [0.15, 0.2) is 0 Å². The van der Waals surface area contributed by atoms with Crippen molar-refractivity contribution in [3.8, 4) is 0 Å². The minimum Gasteiger partial charge on any atom is -0.469 e. The first-order valence-electron chi connectivity index (χ1n) is 7.59. The Morgan fingerprint density at radius 3 is 2.42 bits per heavy atom. The van der Waals surface area contributed by atoms with Gasteiger partial charge >= 0.3 is 18.0 Å². The van der Waals surface area contributed by atoms with E-state index in [0.29, 0.717) is 5.76 Å². The summed E-state index contributed by atoms with van der Waals surface area (Å²) in [4.78, 5) is 23.7. The van der Waals surface area contributed by atoms with Crippen molar-refractivity contribution in [3.05, 3.63) is 54.0 Å². The molecule has 0 unspecified atom stereocenters. The molecule has 3 N–H and O–H groups in total. The maximum atomic E-state index is 12.9. The number of furan rings is 1. The molecule has 0 radical (unpaired) electrons. The van der Waals surface area contributed by atoms with Gasteiger partial charge in [0.05, 0.1) is 23.1 Å². The maximum absolute atomic E-state index is 12.9. The zero-order chi connectivity index (χ0) is 19.4. The number of benzene rings is 1. The number of halogens is 3. The van der Waals surface area contributed by atoms with Crippen LogP contribution in [0.2, 0.25) is 0 Å². The highest BCUT2D eigenvalue weighted by Gasteiger charge is 2.34. The smallest absolute Gasteiger partial charge is 0.418 e. The van der Waals surface area contributed by atoms with Crippen molar-refractivity contribution in [2.24, 2.45) is 0 Å². The van der Waals surface area contributed by atoms with E-state index in [1.165, 1.54) is 25.3 Å². The van der Waals surface area contributed by atoms with Crippen LogP contribution in [0.25, 0.3) is 0 Å². The Kier molecular flexibility index (Phi) is 5.71. The number of anilines is 1. The lowest BCUT2D eigenvalue weighted by atomic mass is 10.0. The summed E-state index contributed by atoms with van der Waals surface area (Å²) >= 11 is 0. The van der Waals surface area contributed by atoms with Crippen molar-refractivity contribution in [2.75, 3.05) is 11.9 Å². The molecule has 1 aromatic heterocycles. The first kappa shape index (κ1) is 19.5. The van der Waals surface area contributed by atoms with Gasteiger partial charge in [0.1, 0.15) is 5.76 Å². The number of hydrogen-bond acceptors (Lipinski definition) is 4. The van der Waals surface area contributed by atoms with Gasteiger partial charge in [-0.2, -0.15) is 13.2 Å². The van der Waals surface area contributed by atoms with E-state index in [2.05, 4.69) is 5.32 Å². The summed E-state index contributed by atoms with van der Waals surface area (Å²) in [5, 5.41) is 14.3. The first-order chi connectivity index (χ1) is 12.1. The van der Waals surface area contributed by atoms with Crippen LogP contribution in [0.5, 0.6) is 0 Å². The molecule has 0 aliphatic rings. The van der Waals surface area contributed by atoms with Crippen molar-refractivity contribution in [3.63, 3.8) is 0 Å². The maximum Gasteiger partial charge on any atom is 0.418 e. The van der Waals surface area contributed by atoms with E-state index in [1.807, 2.05) is 5.32 Å². The Hall–Kier alpha value is -2.81. The van der Waals surface area contributed by atoms with Gasteiger partial charge in [-0.25, -0.2) is 0 Å². The number of alkyl halides is 3. The lowest BCUT2D eigenvalue weighted by Gasteiger charge is -2.22. The number of aliphatic hydroxyl groups is 1. The topological polar surface area (TPSA) is 91.6 Å². The lowest BCUT2D eigenvalue weighted by Crippen LogP contribution is -2.45. The zero-order valence-electron chi connectivity index (χ0n) is 13.8. The normalized spacial score (nSPS) is 13.7. The quantitative estimate of drug-likeness (QED) is 0.705. The summed E-state index contributed by atoms with van der Waals surface area (Å²) < 4.78 is 43.8.